The lowest BCUT2D eigenvalue weighted by Gasteiger charge is -2.44. The van der Waals surface area contributed by atoms with Crippen LogP contribution in [0.25, 0.3) is 0 Å². The van der Waals surface area contributed by atoms with Gasteiger partial charge in [0, 0.05) is 0 Å². The Kier molecular flexibility index (Phi) is 2.91. The van der Waals surface area contributed by atoms with Gasteiger partial charge in [-0.25, -0.2) is 0 Å². The molecule has 0 aromatic heterocycles. The Morgan fingerprint density at radius 2 is 1.77 bits per heavy atom. The van der Waals surface area contributed by atoms with Crippen LogP contribution in [-0.4, -0.2) is 62.3 Å². The third-order valence-corrected chi connectivity index (χ3v) is 2.31. The van der Waals surface area contributed by atoms with E-state index in [0.717, 1.165) is 6.92 Å². The lowest BCUT2D eigenvalue weighted by Crippen LogP contribution is -2.65. The molecule has 0 aliphatic carbocycles. The molecular weight excluding hydrogens is 180 g/mol. The molecule has 13 heavy (non-hydrogen) atoms. The molecule has 1 heterocycles. The van der Waals surface area contributed by atoms with Gasteiger partial charge in [0.05, 0.1) is 6.61 Å². The molecule has 0 aromatic rings. The number of aliphatic hydroxyl groups is 5. The van der Waals surface area contributed by atoms with Crippen molar-refractivity contribution in [1.29, 1.82) is 0 Å². The molecular formula is C7H14O6. The van der Waals surface area contributed by atoms with Crippen LogP contribution in [0.5, 0.6) is 0 Å². The summed E-state index contributed by atoms with van der Waals surface area (Å²) in [5.74, 6) is 0. The average molecular weight is 194 g/mol. The molecule has 0 unspecified atom stereocenters. The fraction of sp³-hybridized carbons (Fsp3) is 1.00. The maximum Gasteiger partial charge on any atom is 0.184 e. The van der Waals surface area contributed by atoms with Gasteiger partial charge in [0.1, 0.15) is 23.9 Å². The summed E-state index contributed by atoms with van der Waals surface area (Å²) in [6.07, 6.45) is -5.72. The molecule has 78 valence electrons. The lowest BCUT2D eigenvalue weighted by atomic mass is 9.86. The van der Waals surface area contributed by atoms with Crippen molar-refractivity contribution < 1.29 is 30.3 Å². The van der Waals surface area contributed by atoms with Crippen LogP contribution >= 0.6 is 0 Å². The van der Waals surface area contributed by atoms with Crippen LogP contribution in [0.1, 0.15) is 6.92 Å². The standard InChI is InChI=1S/C7H14O6/c1-7(12)4(9)3(2-8)13-6(11)5(7)10/h3-6,8-12H,2H2,1H3/t3-,4-,5+,6-,7+/m1/s1. The van der Waals surface area contributed by atoms with E-state index in [9.17, 15) is 15.3 Å². The molecule has 0 bridgehead atoms. The minimum atomic E-state index is -1.88. The highest BCUT2D eigenvalue weighted by Gasteiger charge is 2.51. The second-order valence-corrected chi connectivity index (χ2v) is 3.36. The van der Waals surface area contributed by atoms with Crippen molar-refractivity contribution in [2.45, 2.75) is 37.1 Å². The van der Waals surface area contributed by atoms with E-state index in [1.54, 1.807) is 0 Å². The minimum Gasteiger partial charge on any atom is -0.394 e. The van der Waals surface area contributed by atoms with Gasteiger partial charge in [0.2, 0.25) is 0 Å². The quantitative estimate of drug-likeness (QED) is 0.308. The Bertz CT molecular complexity index is 182. The normalized spacial score (nSPS) is 52.2. The van der Waals surface area contributed by atoms with Gasteiger partial charge in [-0.3, -0.25) is 0 Å². The number of hydrogen-bond donors (Lipinski definition) is 5. The summed E-state index contributed by atoms with van der Waals surface area (Å²) in [5.41, 5.74) is -1.88. The van der Waals surface area contributed by atoms with Crippen molar-refractivity contribution in [3.05, 3.63) is 0 Å². The van der Waals surface area contributed by atoms with E-state index in [0.29, 0.717) is 0 Å². The van der Waals surface area contributed by atoms with Crippen molar-refractivity contribution in [2.24, 2.45) is 0 Å². The van der Waals surface area contributed by atoms with Crippen LogP contribution in [0.15, 0.2) is 0 Å². The first kappa shape index (κ1) is 10.8. The summed E-state index contributed by atoms with van der Waals surface area (Å²) in [4.78, 5) is 0. The van der Waals surface area contributed by atoms with Crippen molar-refractivity contribution in [2.75, 3.05) is 6.61 Å². The molecule has 6 heteroatoms. The molecule has 0 aromatic carbocycles. The molecule has 6 nitrogen and oxygen atoms in total. The maximum absolute atomic E-state index is 9.53. The highest BCUT2D eigenvalue weighted by atomic mass is 16.6. The van der Waals surface area contributed by atoms with Gasteiger partial charge in [-0.05, 0) is 6.92 Å². The first-order valence-corrected chi connectivity index (χ1v) is 3.94. The zero-order chi connectivity index (χ0) is 10.2. The van der Waals surface area contributed by atoms with Gasteiger partial charge in [-0.2, -0.15) is 0 Å². The predicted octanol–water partition coefficient (Wildman–Crippen LogP) is -2.83. The molecule has 0 amide bonds. The van der Waals surface area contributed by atoms with E-state index >= 15 is 0 Å². The number of ether oxygens (including phenoxy) is 1. The van der Waals surface area contributed by atoms with E-state index in [1.165, 1.54) is 0 Å². The fourth-order valence-corrected chi connectivity index (χ4v) is 1.31. The predicted molar refractivity (Wildman–Crippen MR) is 40.6 cm³/mol. The Balaban J connectivity index is 2.82. The smallest absolute Gasteiger partial charge is 0.184 e. The third-order valence-electron chi connectivity index (χ3n) is 2.31. The third kappa shape index (κ3) is 1.69. The van der Waals surface area contributed by atoms with Crippen LogP contribution < -0.4 is 0 Å². The Morgan fingerprint density at radius 1 is 1.23 bits per heavy atom. The van der Waals surface area contributed by atoms with Gasteiger partial charge in [0.25, 0.3) is 0 Å². The summed E-state index contributed by atoms with van der Waals surface area (Å²) in [5, 5.41) is 45.9. The molecule has 1 rings (SSSR count). The lowest BCUT2D eigenvalue weighted by molar-refractivity contribution is -0.316. The molecule has 0 radical (unpaired) electrons. The van der Waals surface area contributed by atoms with Crippen LogP contribution in [0.2, 0.25) is 0 Å². The highest BCUT2D eigenvalue weighted by molar-refractivity contribution is 4.98. The number of rotatable bonds is 1. The molecule has 1 aliphatic rings. The molecule has 1 aliphatic heterocycles. The molecule has 5 atom stereocenters. The monoisotopic (exact) mass is 194 g/mol. The molecule has 5 N–H and O–H groups in total. The summed E-state index contributed by atoms with van der Waals surface area (Å²) < 4.78 is 4.64. The number of hydrogen-bond acceptors (Lipinski definition) is 6. The van der Waals surface area contributed by atoms with E-state index in [-0.39, 0.29) is 0 Å². The molecule has 0 spiro atoms. The van der Waals surface area contributed by atoms with E-state index in [1.807, 2.05) is 0 Å². The van der Waals surface area contributed by atoms with Crippen LogP contribution in [0.3, 0.4) is 0 Å². The molecule has 0 saturated carbocycles. The van der Waals surface area contributed by atoms with Crippen LogP contribution in [0, 0.1) is 0 Å². The average Bonchev–Trinajstić information content (AvgIpc) is 2.09. The Labute approximate surface area is 75.0 Å². The zero-order valence-electron chi connectivity index (χ0n) is 7.16. The highest BCUT2D eigenvalue weighted by Crippen LogP contribution is 2.28. The maximum atomic E-state index is 9.53. The first-order valence-electron chi connectivity index (χ1n) is 3.94. The van der Waals surface area contributed by atoms with Crippen molar-refractivity contribution in [3.8, 4) is 0 Å². The SMILES string of the molecule is C[C@]1(O)[C@H](O)[C@@H](CO)O[C@@H](O)[C@@H]1O. The fourth-order valence-electron chi connectivity index (χ4n) is 1.31. The minimum absolute atomic E-state index is 0.541. The molecule has 1 saturated heterocycles. The Hall–Kier alpha value is -0.240. The second kappa shape index (κ2) is 3.49. The van der Waals surface area contributed by atoms with E-state index < -0.39 is 36.8 Å². The van der Waals surface area contributed by atoms with Gasteiger partial charge in [0.15, 0.2) is 6.29 Å². The summed E-state index contributed by atoms with van der Waals surface area (Å²) >= 11 is 0. The van der Waals surface area contributed by atoms with Crippen molar-refractivity contribution >= 4 is 0 Å². The first-order chi connectivity index (χ1) is 5.91. The largest absolute Gasteiger partial charge is 0.394 e. The zero-order valence-corrected chi connectivity index (χ0v) is 7.16. The van der Waals surface area contributed by atoms with Gasteiger partial charge >= 0.3 is 0 Å². The summed E-state index contributed by atoms with van der Waals surface area (Å²) in [6, 6.07) is 0. The number of aliphatic hydroxyl groups excluding tert-OH is 4. The second-order valence-electron chi connectivity index (χ2n) is 3.36. The van der Waals surface area contributed by atoms with Crippen LogP contribution in [0.4, 0.5) is 0 Å². The molecule has 1 fully saturated rings. The topological polar surface area (TPSA) is 110 Å². The van der Waals surface area contributed by atoms with Crippen molar-refractivity contribution in [3.63, 3.8) is 0 Å². The van der Waals surface area contributed by atoms with Gasteiger partial charge in [-0.15, -0.1) is 0 Å². The van der Waals surface area contributed by atoms with E-state index in [2.05, 4.69) is 4.74 Å². The van der Waals surface area contributed by atoms with Crippen LogP contribution in [-0.2, 0) is 4.74 Å². The van der Waals surface area contributed by atoms with E-state index in [4.69, 9.17) is 10.2 Å². The summed E-state index contributed by atoms with van der Waals surface area (Å²) in [6.45, 7) is 0.623. The summed E-state index contributed by atoms with van der Waals surface area (Å²) in [7, 11) is 0. The van der Waals surface area contributed by atoms with Crippen molar-refractivity contribution in [1.82, 2.24) is 0 Å². The Morgan fingerprint density at radius 3 is 2.23 bits per heavy atom. The van der Waals surface area contributed by atoms with Gasteiger partial charge in [-0.1, -0.05) is 0 Å². The van der Waals surface area contributed by atoms with Gasteiger partial charge < -0.3 is 30.3 Å².